The number of pyridine rings is 1. The van der Waals surface area contributed by atoms with E-state index in [1.165, 1.54) is 0 Å². The minimum atomic E-state index is -0.393. The smallest absolute Gasteiger partial charge is 0.275 e. The van der Waals surface area contributed by atoms with Gasteiger partial charge >= 0.3 is 0 Å². The first-order valence-corrected chi connectivity index (χ1v) is 7.13. The van der Waals surface area contributed by atoms with Crippen molar-refractivity contribution in [2.24, 2.45) is 0 Å². The molecular formula is C15H11Cl2N3O2. The number of methoxy groups -OCH3 is 1. The van der Waals surface area contributed by atoms with E-state index in [1.54, 1.807) is 48.0 Å². The normalized spacial score (nSPS) is 10.7. The number of hydrogen-bond donors (Lipinski definition) is 1. The molecule has 0 aliphatic carbocycles. The van der Waals surface area contributed by atoms with E-state index in [-0.39, 0.29) is 10.8 Å². The van der Waals surface area contributed by atoms with Crippen LogP contribution in [0.3, 0.4) is 0 Å². The molecule has 0 unspecified atom stereocenters. The Bertz CT molecular complexity index is 861. The number of carbonyl (C=O) groups is 1. The van der Waals surface area contributed by atoms with Gasteiger partial charge in [-0.1, -0.05) is 29.3 Å². The van der Waals surface area contributed by atoms with Crippen LogP contribution in [0.5, 0.6) is 5.75 Å². The van der Waals surface area contributed by atoms with E-state index in [9.17, 15) is 4.79 Å². The minimum absolute atomic E-state index is 0.133. The molecule has 0 saturated carbocycles. The third-order valence-corrected chi connectivity index (χ3v) is 3.70. The molecule has 0 fully saturated rings. The maximum absolute atomic E-state index is 12.5. The van der Waals surface area contributed by atoms with Gasteiger partial charge < -0.3 is 10.1 Å². The Balaban J connectivity index is 1.95. The van der Waals surface area contributed by atoms with E-state index in [2.05, 4.69) is 10.3 Å². The number of halogens is 2. The molecule has 3 rings (SSSR count). The van der Waals surface area contributed by atoms with Gasteiger partial charge in [0.05, 0.1) is 17.8 Å². The van der Waals surface area contributed by atoms with Crippen molar-refractivity contribution in [3.63, 3.8) is 0 Å². The van der Waals surface area contributed by atoms with Crippen molar-refractivity contribution >= 4 is 40.4 Å². The van der Waals surface area contributed by atoms with Gasteiger partial charge in [-0.25, -0.2) is 4.98 Å². The Kier molecular flexibility index (Phi) is 3.92. The SMILES string of the molecule is COc1ccc(NC(=O)c2c(Cl)nc3ccccn23)c(Cl)c1. The van der Waals surface area contributed by atoms with Crippen molar-refractivity contribution < 1.29 is 9.53 Å². The van der Waals surface area contributed by atoms with Crippen molar-refractivity contribution in [2.75, 3.05) is 12.4 Å². The minimum Gasteiger partial charge on any atom is -0.497 e. The Morgan fingerprint density at radius 2 is 2.09 bits per heavy atom. The summed E-state index contributed by atoms with van der Waals surface area (Å²) in [4.78, 5) is 16.6. The van der Waals surface area contributed by atoms with Crippen LogP contribution in [-0.4, -0.2) is 22.4 Å². The van der Waals surface area contributed by atoms with E-state index < -0.39 is 5.91 Å². The first-order valence-electron chi connectivity index (χ1n) is 6.37. The standard InChI is InChI=1S/C15H11Cl2N3O2/c1-22-9-5-6-11(10(16)8-9)18-15(21)13-14(17)19-12-4-2-3-7-20(12)13/h2-8H,1H3,(H,18,21). The molecule has 0 atom stereocenters. The first-order chi connectivity index (χ1) is 10.6. The van der Waals surface area contributed by atoms with Crippen LogP contribution in [-0.2, 0) is 0 Å². The third kappa shape index (κ3) is 2.61. The number of hydrogen-bond acceptors (Lipinski definition) is 3. The molecule has 112 valence electrons. The lowest BCUT2D eigenvalue weighted by molar-refractivity contribution is 0.102. The molecular weight excluding hydrogens is 325 g/mol. The van der Waals surface area contributed by atoms with Gasteiger partial charge in [-0.2, -0.15) is 0 Å². The van der Waals surface area contributed by atoms with E-state index in [1.807, 2.05) is 6.07 Å². The second kappa shape index (κ2) is 5.87. The molecule has 22 heavy (non-hydrogen) atoms. The number of anilines is 1. The molecule has 2 heterocycles. The number of nitrogens with zero attached hydrogens (tertiary/aromatic N) is 2. The van der Waals surface area contributed by atoms with Gasteiger partial charge in [-0.3, -0.25) is 9.20 Å². The van der Waals surface area contributed by atoms with Crippen LogP contribution in [0.4, 0.5) is 5.69 Å². The van der Waals surface area contributed by atoms with Crippen molar-refractivity contribution in [1.29, 1.82) is 0 Å². The first kappa shape index (κ1) is 14.7. The number of imidazole rings is 1. The molecule has 0 saturated heterocycles. The summed E-state index contributed by atoms with van der Waals surface area (Å²) in [6.07, 6.45) is 1.72. The quantitative estimate of drug-likeness (QED) is 0.789. The maximum atomic E-state index is 12.5. The van der Waals surface area contributed by atoms with Crippen LogP contribution in [0.25, 0.3) is 5.65 Å². The molecule has 2 aromatic heterocycles. The second-order valence-electron chi connectivity index (χ2n) is 4.48. The van der Waals surface area contributed by atoms with Gasteiger partial charge in [-0.15, -0.1) is 0 Å². The van der Waals surface area contributed by atoms with Gasteiger partial charge in [0.2, 0.25) is 0 Å². The van der Waals surface area contributed by atoms with Gasteiger partial charge in [0.25, 0.3) is 5.91 Å². The Morgan fingerprint density at radius 3 is 2.82 bits per heavy atom. The number of carbonyl (C=O) groups excluding carboxylic acids is 1. The topological polar surface area (TPSA) is 55.6 Å². The fourth-order valence-corrected chi connectivity index (χ4v) is 2.56. The molecule has 5 nitrogen and oxygen atoms in total. The zero-order valence-electron chi connectivity index (χ0n) is 11.5. The molecule has 7 heteroatoms. The van der Waals surface area contributed by atoms with Gasteiger partial charge in [0.15, 0.2) is 10.8 Å². The van der Waals surface area contributed by atoms with Crippen LogP contribution in [0.1, 0.15) is 10.5 Å². The predicted molar refractivity (Wildman–Crippen MR) is 86.2 cm³/mol. The summed E-state index contributed by atoms with van der Waals surface area (Å²) in [5.74, 6) is 0.214. The summed E-state index contributed by atoms with van der Waals surface area (Å²) in [5, 5.41) is 3.23. The average Bonchev–Trinajstić information content (AvgIpc) is 2.85. The van der Waals surface area contributed by atoms with Crippen molar-refractivity contribution in [3.8, 4) is 5.75 Å². The Labute approximate surface area is 136 Å². The lowest BCUT2D eigenvalue weighted by atomic mass is 10.3. The molecule has 1 N–H and O–H groups in total. The largest absolute Gasteiger partial charge is 0.497 e. The van der Waals surface area contributed by atoms with E-state index >= 15 is 0 Å². The number of amides is 1. The lowest BCUT2D eigenvalue weighted by Gasteiger charge is -2.08. The van der Waals surface area contributed by atoms with E-state index in [0.717, 1.165) is 0 Å². The lowest BCUT2D eigenvalue weighted by Crippen LogP contribution is -2.15. The number of benzene rings is 1. The highest BCUT2D eigenvalue weighted by Gasteiger charge is 2.18. The second-order valence-corrected chi connectivity index (χ2v) is 5.25. The summed E-state index contributed by atoms with van der Waals surface area (Å²) in [7, 11) is 1.54. The molecule has 0 bridgehead atoms. The Morgan fingerprint density at radius 1 is 1.27 bits per heavy atom. The fourth-order valence-electron chi connectivity index (χ4n) is 2.08. The number of aromatic nitrogens is 2. The number of fused-ring (bicyclic) bond motifs is 1. The van der Waals surface area contributed by atoms with Gasteiger partial charge in [-0.05, 0) is 24.3 Å². The van der Waals surface area contributed by atoms with Crippen molar-refractivity contribution in [3.05, 3.63) is 58.5 Å². The predicted octanol–water partition coefficient (Wildman–Crippen LogP) is 3.90. The summed E-state index contributed by atoms with van der Waals surface area (Å²) in [6.45, 7) is 0. The van der Waals surface area contributed by atoms with Crippen molar-refractivity contribution in [2.45, 2.75) is 0 Å². The van der Waals surface area contributed by atoms with Crippen LogP contribution in [0.2, 0.25) is 10.2 Å². The monoisotopic (exact) mass is 335 g/mol. The molecule has 0 spiro atoms. The number of ether oxygens (including phenoxy) is 1. The zero-order valence-corrected chi connectivity index (χ0v) is 13.0. The summed E-state index contributed by atoms with van der Waals surface area (Å²) < 4.78 is 6.69. The summed E-state index contributed by atoms with van der Waals surface area (Å²) in [6, 6.07) is 10.4. The molecule has 0 aliphatic heterocycles. The van der Waals surface area contributed by atoms with Gasteiger partial charge in [0.1, 0.15) is 11.4 Å². The van der Waals surface area contributed by atoms with Crippen molar-refractivity contribution in [1.82, 2.24) is 9.38 Å². The maximum Gasteiger partial charge on any atom is 0.275 e. The number of rotatable bonds is 3. The molecule has 1 amide bonds. The van der Waals surface area contributed by atoms with E-state index in [4.69, 9.17) is 27.9 Å². The molecule has 1 aromatic carbocycles. The molecule has 3 aromatic rings. The van der Waals surface area contributed by atoms with Crippen LogP contribution in [0.15, 0.2) is 42.6 Å². The summed E-state index contributed by atoms with van der Waals surface area (Å²) in [5.41, 5.74) is 1.32. The highest BCUT2D eigenvalue weighted by Crippen LogP contribution is 2.28. The molecule has 0 aliphatic rings. The number of nitrogens with one attached hydrogen (secondary N) is 1. The fraction of sp³-hybridized carbons (Fsp3) is 0.0667. The average molecular weight is 336 g/mol. The van der Waals surface area contributed by atoms with Crippen LogP contribution < -0.4 is 10.1 Å². The highest BCUT2D eigenvalue weighted by atomic mass is 35.5. The van der Waals surface area contributed by atoms with E-state index in [0.29, 0.717) is 22.1 Å². The van der Waals surface area contributed by atoms with Gasteiger partial charge in [0, 0.05) is 12.3 Å². The third-order valence-electron chi connectivity index (χ3n) is 3.13. The van der Waals surface area contributed by atoms with Crippen LogP contribution in [0, 0.1) is 0 Å². The Hall–Kier alpha value is -2.24. The highest BCUT2D eigenvalue weighted by molar-refractivity contribution is 6.35. The van der Waals surface area contributed by atoms with Crippen LogP contribution >= 0.6 is 23.2 Å². The molecule has 0 radical (unpaired) electrons. The zero-order chi connectivity index (χ0) is 15.7. The summed E-state index contributed by atoms with van der Waals surface area (Å²) >= 11 is 12.2.